The van der Waals surface area contributed by atoms with Crippen LogP contribution >= 0.6 is 0 Å². The Balaban J connectivity index is 0.0000121. The lowest BCUT2D eigenvalue weighted by molar-refractivity contribution is -0.384. The Labute approximate surface area is 602 Å². The summed E-state index contributed by atoms with van der Waals surface area (Å²) < 4.78 is 36.8. The Morgan fingerprint density at radius 1 is 0.657 bits per heavy atom. The molecule has 3 saturated carbocycles. The normalized spacial score (nSPS) is 21.4. The van der Waals surface area contributed by atoms with Gasteiger partial charge in [0.1, 0.15) is 36.0 Å². The van der Waals surface area contributed by atoms with Gasteiger partial charge in [-0.1, -0.05) is 170 Å². The SMILES string of the molecule is C.COc1ccc(C(NCCCC[C@H](NC(=O)[C@H](Cc2ccc(F)cc2)NC(=O)CCC(=O)NCCCO[C@H]2CC[C@@]3(C)C(=CC[C@H]4[C@@H]5CC[C@H]([C@H](C)CCCC(C)C)[C@@]5(C)CC[C@@H]43)C2)C(=O)Nc2ccc(COC(=O)Oc3ccc([N+](=O)[O-])cc3)cc2)(c2ccccc2)c2ccccc2)cc1. The Kier molecular flexibility index (Phi) is 27.6. The van der Waals surface area contributed by atoms with Gasteiger partial charge in [-0.3, -0.25) is 34.6 Å². The molecule has 10 rings (SSSR count). The minimum Gasteiger partial charge on any atom is -0.497 e. The minimum absolute atomic E-state index is 0. The lowest BCUT2D eigenvalue weighted by Crippen LogP contribution is -2.53. The topological polar surface area (TPSA) is 226 Å². The van der Waals surface area contributed by atoms with Crippen molar-refractivity contribution in [3.05, 3.63) is 213 Å². The molecule has 0 bridgehead atoms. The molecule has 4 amide bonds. The van der Waals surface area contributed by atoms with Crippen molar-refractivity contribution < 1.29 is 52.2 Å². The van der Waals surface area contributed by atoms with Gasteiger partial charge in [0.05, 0.1) is 23.7 Å². The third kappa shape index (κ3) is 19.7. The van der Waals surface area contributed by atoms with Crippen molar-refractivity contribution in [3.8, 4) is 11.5 Å². The number of amides is 4. The molecule has 18 heteroatoms. The Morgan fingerprint density at radius 2 is 1.31 bits per heavy atom. The van der Waals surface area contributed by atoms with E-state index in [2.05, 4.69) is 91.5 Å². The summed E-state index contributed by atoms with van der Waals surface area (Å²) in [5.41, 5.74) is 5.80. The number of carbonyl (C=O) groups excluding carboxylic acids is 5. The maximum absolute atomic E-state index is 14.7. The highest BCUT2D eigenvalue weighted by Crippen LogP contribution is 2.67. The van der Waals surface area contributed by atoms with E-state index in [0.29, 0.717) is 66.9 Å². The van der Waals surface area contributed by atoms with Gasteiger partial charge in [0.15, 0.2) is 0 Å². The number of halogens is 1. The minimum atomic E-state index is -1.22. The molecule has 0 aliphatic heterocycles. The second kappa shape index (κ2) is 36.4. The van der Waals surface area contributed by atoms with Crippen LogP contribution in [0.25, 0.3) is 0 Å². The van der Waals surface area contributed by atoms with E-state index in [4.69, 9.17) is 18.9 Å². The molecular weight excluding hydrogens is 1290 g/mol. The number of nitrogens with one attached hydrogen (secondary N) is 5. The van der Waals surface area contributed by atoms with Crippen molar-refractivity contribution in [3.63, 3.8) is 0 Å². The molecule has 5 N–H and O–H groups in total. The van der Waals surface area contributed by atoms with E-state index in [1.807, 2.05) is 60.7 Å². The number of nitrogens with zero attached hydrogens (tertiary/aromatic N) is 1. The number of fused-ring (bicyclic) bond motifs is 5. The van der Waals surface area contributed by atoms with E-state index in [0.717, 1.165) is 71.5 Å². The fraction of sp³-hybridized carbons (Fsp3) is 0.488. The predicted octanol–water partition coefficient (Wildman–Crippen LogP) is 16.7. The van der Waals surface area contributed by atoms with E-state index < -0.39 is 52.2 Å². The molecule has 10 atom stereocenters. The number of allylic oxidation sites excluding steroid dienone is 1. The molecule has 6 aromatic carbocycles. The molecule has 4 aliphatic rings. The summed E-state index contributed by atoms with van der Waals surface area (Å²) in [5, 5.41) is 26.6. The quantitative estimate of drug-likeness (QED) is 0.00484. The fourth-order valence-corrected chi connectivity index (χ4v) is 17.1. The van der Waals surface area contributed by atoms with Crippen LogP contribution in [0, 0.1) is 62.3 Å². The molecule has 6 aromatic rings. The second-order valence-electron chi connectivity index (χ2n) is 29.5. The Morgan fingerprint density at radius 3 is 1.98 bits per heavy atom. The monoisotopic (exact) mass is 1390 g/mol. The number of non-ortho nitro benzene ring substituents is 1. The lowest BCUT2D eigenvalue weighted by Gasteiger charge is -2.58. The number of benzene rings is 6. The maximum atomic E-state index is 14.7. The predicted molar refractivity (Wildman–Crippen MR) is 397 cm³/mol. The van der Waals surface area contributed by atoms with Gasteiger partial charge in [-0.25, -0.2) is 9.18 Å². The van der Waals surface area contributed by atoms with Crippen LogP contribution in [0.15, 0.2) is 169 Å². The number of methoxy groups -OCH3 is 1. The van der Waals surface area contributed by atoms with E-state index in [1.165, 1.54) is 99.9 Å². The first-order chi connectivity index (χ1) is 48.7. The summed E-state index contributed by atoms with van der Waals surface area (Å²) in [7, 11) is 1.63. The molecule has 0 unspecified atom stereocenters. The number of nitro benzene ring substituents is 1. The van der Waals surface area contributed by atoms with Gasteiger partial charge in [-0.05, 0) is 206 Å². The van der Waals surface area contributed by atoms with Crippen molar-refractivity contribution in [2.24, 2.45) is 46.3 Å². The zero-order chi connectivity index (χ0) is 71.5. The van der Waals surface area contributed by atoms with Gasteiger partial charge in [0.2, 0.25) is 23.6 Å². The fourth-order valence-electron chi connectivity index (χ4n) is 17.1. The zero-order valence-corrected chi connectivity index (χ0v) is 59.7. The van der Waals surface area contributed by atoms with Gasteiger partial charge in [0, 0.05) is 50.2 Å². The van der Waals surface area contributed by atoms with Gasteiger partial charge in [0.25, 0.3) is 5.69 Å². The van der Waals surface area contributed by atoms with E-state index >= 15 is 0 Å². The number of carbonyl (C=O) groups is 5. The van der Waals surface area contributed by atoms with Crippen molar-refractivity contribution in [1.82, 2.24) is 21.3 Å². The molecule has 0 saturated heterocycles. The third-order valence-corrected chi connectivity index (χ3v) is 22.5. The molecule has 0 heterocycles. The number of nitro groups is 1. The number of hydrogen-bond acceptors (Lipinski definition) is 12. The smallest absolute Gasteiger partial charge is 0.497 e. The molecule has 0 spiro atoms. The van der Waals surface area contributed by atoms with Crippen molar-refractivity contribution >= 4 is 41.2 Å². The van der Waals surface area contributed by atoms with Crippen molar-refractivity contribution in [2.75, 3.05) is 32.1 Å². The van der Waals surface area contributed by atoms with Crippen LogP contribution in [0.2, 0.25) is 0 Å². The Bertz CT molecular complexity index is 3710. The Hall–Kier alpha value is -8.74. The van der Waals surface area contributed by atoms with Gasteiger partial charge < -0.3 is 40.2 Å². The second-order valence-corrected chi connectivity index (χ2v) is 29.5. The van der Waals surface area contributed by atoms with Crippen LogP contribution in [0.1, 0.15) is 179 Å². The van der Waals surface area contributed by atoms with Crippen LogP contribution < -0.4 is 36.1 Å². The molecule has 102 heavy (non-hydrogen) atoms. The highest BCUT2D eigenvalue weighted by atomic mass is 19.1. The summed E-state index contributed by atoms with van der Waals surface area (Å²) in [5.74, 6) is 2.99. The molecule has 546 valence electrons. The van der Waals surface area contributed by atoms with Gasteiger partial charge >= 0.3 is 6.16 Å². The number of ether oxygens (including phenoxy) is 4. The highest BCUT2D eigenvalue weighted by Gasteiger charge is 2.59. The summed E-state index contributed by atoms with van der Waals surface area (Å²) in [4.78, 5) is 79.5. The number of unbranched alkanes of at least 4 members (excludes halogenated alkanes) is 1. The van der Waals surface area contributed by atoms with Crippen LogP contribution in [-0.2, 0) is 47.2 Å². The molecule has 3 fully saturated rings. The first-order valence-corrected chi connectivity index (χ1v) is 36.7. The van der Waals surface area contributed by atoms with Crippen LogP contribution in [0.3, 0.4) is 0 Å². The molecule has 4 aliphatic carbocycles. The summed E-state index contributed by atoms with van der Waals surface area (Å²) in [6, 6.07) is 43.0. The van der Waals surface area contributed by atoms with Crippen LogP contribution in [-0.4, -0.2) is 79.7 Å². The standard InChI is InChI=1S/C83H103FN6O11.CH4/c1-56(2)17-15-18-57(3)71-42-43-72-70-41-30-63-54-69(46-48-81(63,4)73(70)47-49-82(71,72)5)99-52-16-50-85-76(91)44-45-77(92)88-75(53-58-24-31-64(84)32-25-58)79(94)89-74(78(93)87-65-33-26-59(27-34-65)55-100-80(95)101-68-39-35-66(36-40-68)90(96)97)23-13-14-51-86-83(60-19-9-7-10-20-60,61-21-11-8-12-22-61)62-28-37-67(98-6)38-29-62;/h7-12,19-22,24-40,56-57,69-75,86H,13-18,23,41-55H2,1-6H3,(H,85,91)(H,87,93)(H,88,92)(H,89,94);1H4/t57-,69+,70+,71-,72+,73+,74+,75+,81+,82-;/m1./s1. The first-order valence-electron chi connectivity index (χ1n) is 36.7. The van der Waals surface area contributed by atoms with Crippen LogP contribution in [0.5, 0.6) is 11.5 Å². The molecule has 0 radical (unpaired) electrons. The molecule has 17 nitrogen and oxygen atoms in total. The summed E-state index contributed by atoms with van der Waals surface area (Å²) in [6.07, 6.45) is 17.0. The number of rotatable bonds is 34. The average molecular weight is 1400 g/mol. The van der Waals surface area contributed by atoms with Crippen LogP contribution in [0.4, 0.5) is 20.6 Å². The van der Waals surface area contributed by atoms with Crippen molar-refractivity contribution in [2.45, 2.75) is 188 Å². The van der Waals surface area contributed by atoms with Crippen molar-refractivity contribution in [1.29, 1.82) is 0 Å². The largest absolute Gasteiger partial charge is 0.514 e. The zero-order valence-electron chi connectivity index (χ0n) is 59.7. The summed E-state index contributed by atoms with van der Waals surface area (Å²) >= 11 is 0. The highest BCUT2D eigenvalue weighted by molar-refractivity contribution is 5.98. The van der Waals surface area contributed by atoms with Gasteiger partial charge in [-0.2, -0.15) is 0 Å². The molecule has 0 aromatic heterocycles. The van der Waals surface area contributed by atoms with Gasteiger partial charge in [-0.15, -0.1) is 0 Å². The number of hydrogen-bond donors (Lipinski definition) is 5. The number of anilines is 1. The van der Waals surface area contributed by atoms with E-state index in [9.17, 15) is 38.5 Å². The third-order valence-electron chi connectivity index (χ3n) is 22.5. The van der Waals surface area contributed by atoms with E-state index in [1.54, 1.807) is 36.9 Å². The first kappa shape index (κ1) is 77.4. The molecular formula is C84H107FN6O11. The lowest BCUT2D eigenvalue weighted by atomic mass is 9.47. The van der Waals surface area contributed by atoms with E-state index in [-0.39, 0.29) is 68.6 Å². The average Bonchev–Trinajstić information content (AvgIpc) is 1.40. The maximum Gasteiger partial charge on any atom is 0.514 e. The summed E-state index contributed by atoms with van der Waals surface area (Å²) in [6.45, 7) is 13.6.